The highest BCUT2D eigenvalue weighted by Crippen LogP contribution is 2.39. The third kappa shape index (κ3) is 3.23. The van der Waals surface area contributed by atoms with E-state index < -0.39 is 5.54 Å². The SMILES string of the molecule is Cc1nn(C)c(C)c1C(=O)NC1(C(=O)N2CCC3(CCNC3)CC2)CCCC1. The van der Waals surface area contributed by atoms with Crippen molar-refractivity contribution in [3.63, 3.8) is 0 Å². The summed E-state index contributed by atoms with van der Waals surface area (Å²) in [6.45, 7) is 7.54. The molecule has 1 aromatic rings. The van der Waals surface area contributed by atoms with Gasteiger partial charge in [0.25, 0.3) is 5.91 Å². The molecule has 1 saturated carbocycles. The van der Waals surface area contributed by atoms with E-state index >= 15 is 0 Å². The van der Waals surface area contributed by atoms with E-state index in [1.165, 1.54) is 6.42 Å². The number of carbonyl (C=O) groups excluding carboxylic acids is 2. The fourth-order valence-corrected chi connectivity index (χ4v) is 5.46. The van der Waals surface area contributed by atoms with Crippen LogP contribution in [0.3, 0.4) is 0 Å². The zero-order chi connectivity index (χ0) is 19.9. The van der Waals surface area contributed by atoms with Crippen LogP contribution in [0.4, 0.5) is 0 Å². The van der Waals surface area contributed by atoms with Gasteiger partial charge in [0.1, 0.15) is 5.54 Å². The fourth-order valence-electron chi connectivity index (χ4n) is 5.46. The lowest BCUT2D eigenvalue weighted by molar-refractivity contribution is -0.140. The van der Waals surface area contributed by atoms with E-state index in [9.17, 15) is 9.59 Å². The van der Waals surface area contributed by atoms with Crippen LogP contribution in [0, 0.1) is 19.3 Å². The molecular formula is C21H33N5O2. The highest BCUT2D eigenvalue weighted by Gasteiger charge is 2.47. The standard InChI is InChI=1S/C21H33N5O2/c1-15-17(16(2)25(3)24-15)18(27)23-21(6-4-5-7-21)19(28)26-12-9-20(10-13-26)8-11-22-14-20/h22H,4-14H2,1-3H3,(H,23,27). The monoisotopic (exact) mass is 387 g/mol. The van der Waals surface area contributed by atoms with Crippen LogP contribution in [-0.2, 0) is 11.8 Å². The van der Waals surface area contributed by atoms with Crippen LogP contribution in [-0.4, -0.2) is 58.2 Å². The molecular weight excluding hydrogens is 354 g/mol. The number of hydrogen-bond acceptors (Lipinski definition) is 4. The lowest BCUT2D eigenvalue weighted by Crippen LogP contribution is -2.60. The van der Waals surface area contributed by atoms with E-state index in [0.29, 0.717) is 16.7 Å². The molecule has 0 radical (unpaired) electrons. The Bertz CT molecular complexity index is 762. The number of hydrogen-bond donors (Lipinski definition) is 2. The van der Waals surface area contributed by atoms with E-state index in [1.54, 1.807) is 4.68 Å². The quantitative estimate of drug-likeness (QED) is 0.827. The fraction of sp³-hybridized carbons (Fsp3) is 0.762. The second-order valence-electron chi connectivity index (χ2n) is 9.13. The Morgan fingerprint density at radius 1 is 1.07 bits per heavy atom. The number of likely N-dealkylation sites (tertiary alicyclic amines) is 1. The molecule has 1 spiro atoms. The Morgan fingerprint density at radius 2 is 1.75 bits per heavy atom. The smallest absolute Gasteiger partial charge is 0.255 e. The molecule has 7 heteroatoms. The van der Waals surface area contributed by atoms with Crippen LogP contribution in [0.15, 0.2) is 0 Å². The first-order chi connectivity index (χ1) is 13.4. The molecule has 3 aliphatic rings. The summed E-state index contributed by atoms with van der Waals surface area (Å²) in [5.41, 5.74) is 1.80. The molecule has 2 saturated heterocycles. The van der Waals surface area contributed by atoms with Crippen molar-refractivity contribution in [2.24, 2.45) is 12.5 Å². The van der Waals surface area contributed by atoms with E-state index in [2.05, 4.69) is 15.7 Å². The predicted octanol–water partition coefficient (Wildman–Crippen LogP) is 1.68. The molecule has 0 bridgehead atoms. The van der Waals surface area contributed by atoms with Gasteiger partial charge in [-0.3, -0.25) is 14.3 Å². The lowest BCUT2D eigenvalue weighted by Gasteiger charge is -2.42. The largest absolute Gasteiger partial charge is 0.341 e. The topological polar surface area (TPSA) is 79.3 Å². The third-order valence-corrected chi connectivity index (χ3v) is 7.40. The van der Waals surface area contributed by atoms with Gasteiger partial charge in [-0.15, -0.1) is 0 Å². The van der Waals surface area contributed by atoms with Gasteiger partial charge in [-0.25, -0.2) is 0 Å². The molecule has 0 unspecified atom stereocenters. The molecule has 1 aromatic heterocycles. The second-order valence-corrected chi connectivity index (χ2v) is 9.13. The van der Waals surface area contributed by atoms with E-state index in [-0.39, 0.29) is 11.8 Å². The van der Waals surface area contributed by atoms with Gasteiger partial charge in [-0.05, 0) is 57.9 Å². The molecule has 1 aliphatic carbocycles. The minimum absolute atomic E-state index is 0.123. The maximum Gasteiger partial charge on any atom is 0.255 e. The number of nitrogens with one attached hydrogen (secondary N) is 2. The Labute approximate surface area is 167 Å². The first-order valence-corrected chi connectivity index (χ1v) is 10.7. The number of piperidine rings is 1. The molecule has 0 aromatic carbocycles. The van der Waals surface area contributed by atoms with Crippen LogP contribution >= 0.6 is 0 Å². The Hall–Kier alpha value is -1.89. The van der Waals surface area contributed by atoms with E-state index in [0.717, 1.165) is 70.4 Å². The average Bonchev–Trinajstić information content (AvgIpc) is 3.37. The molecule has 7 nitrogen and oxygen atoms in total. The van der Waals surface area contributed by atoms with Crippen molar-refractivity contribution in [3.05, 3.63) is 17.0 Å². The number of aryl methyl sites for hydroxylation is 2. The first kappa shape index (κ1) is 19.4. The first-order valence-electron chi connectivity index (χ1n) is 10.7. The summed E-state index contributed by atoms with van der Waals surface area (Å²) < 4.78 is 1.73. The molecule has 28 heavy (non-hydrogen) atoms. The summed E-state index contributed by atoms with van der Waals surface area (Å²) in [4.78, 5) is 28.7. The van der Waals surface area contributed by atoms with Crippen LogP contribution in [0.1, 0.15) is 66.7 Å². The summed E-state index contributed by atoms with van der Waals surface area (Å²) in [6, 6.07) is 0. The summed E-state index contributed by atoms with van der Waals surface area (Å²) in [7, 11) is 1.84. The molecule has 4 rings (SSSR count). The molecule has 3 fully saturated rings. The highest BCUT2D eigenvalue weighted by atomic mass is 16.2. The summed E-state index contributed by atoms with van der Waals surface area (Å²) in [5, 5.41) is 11.0. The Kier molecular flexibility index (Phi) is 4.98. The Balaban J connectivity index is 1.50. The van der Waals surface area contributed by atoms with Crippen LogP contribution in [0.5, 0.6) is 0 Å². The van der Waals surface area contributed by atoms with Gasteiger partial charge in [-0.2, -0.15) is 5.10 Å². The zero-order valence-electron chi connectivity index (χ0n) is 17.4. The summed E-state index contributed by atoms with van der Waals surface area (Å²) in [6.07, 6.45) is 6.79. The lowest BCUT2D eigenvalue weighted by atomic mass is 9.77. The number of amides is 2. The third-order valence-electron chi connectivity index (χ3n) is 7.40. The molecule has 2 N–H and O–H groups in total. The second kappa shape index (κ2) is 7.17. The summed E-state index contributed by atoms with van der Waals surface area (Å²) in [5.74, 6) is -0.0369. The van der Waals surface area contributed by atoms with Gasteiger partial charge in [0.2, 0.25) is 5.91 Å². The predicted molar refractivity (Wildman–Crippen MR) is 107 cm³/mol. The van der Waals surface area contributed by atoms with Crippen molar-refractivity contribution in [2.45, 2.75) is 64.3 Å². The molecule has 154 valence electrons. The molecule has 3 heterocycles. The van der Waals surface area contributed by atoms with Crippen molar-refractivity contribution in [1.29, 1.82) is 0 Å². The van der Waals surface area contributed by atoms with Crippen molar-refractivity contribution in [1.82, 2.24) is 25.3 Å². The molecule has 2 aliphatic heterocycles. The van der Waals surface area contributed by atoms with Gasteiger partial charge in [0.15, 0.2) is 0 Å². The molecule has 2 amide bonds. The van der Waals surface area contributed by atoms with Crippen molar-refractivity contribution < 1.29 is 9.59 Å². The van der Waals surface area contributed by atoms with Crippen molar-refractivity contribution in [2.75, 3.05) is 26.2 Å². The minimum Gasteiger partial charge on any atom is -0.341 e. The highest BCUT2D eigenvalue weighted by molar-refractivity contribution is 6.00. The number of aromatic nitrogens is 2. The van der Waals surface area contributed by atoms with Crippen molar-refractivity contribution in [3.8, 4) is 0 Å². The van der Waals surface area contributed by atoms with Gasteiger partial charge in [-0.1, -0.05) is 12.8 Å². The molecule has 0 atom stereocenters. The number of rotatable bonds is 3. The maximum atomic E-state index is 13.5. The van der Waals surface area contributed by atoms with E-state index in [4.69, 9.17) is 0 Å². The maximum absolute atomic E-state index is 13.5. The van der Waals surface area contributed by atoms with Crippen LogP contribution in [0.25, 0.3) is 0 Å². The van der Waals surface area contributed by atoms with E-state index in [1.807, 2.05) is 25.8 Å². The number of nitrogens with zero attached hydrogens (tertiary/aromatic N) is 3. The average molecular weight is 388 g/mol. The van der Waals surface area contributed by atoms with Gasteiger partial charge in [0, 0.05) is 32.4 Å². The summed E-state index contributed by atoms with van der Waals surface area (Å²) >= 11 is 0. The van der Waals surface area contributed by atoms with Crippen molar-refractivity contribution >= 4 is 11.8 Å². The normalized spacial score (nSPS) is 23.3. The Morgan fingerprint density at radius 3 is 2.29 bits per heavy atom. The van der Waals surface area contributed by atoms with Gasteiger partial charge >= 0.3 is 0 Å². The minimum atomic E-state index is -0.746. The zero-order valence-corrected chi connectivity index (χ0v) is 17.4. The van der Waals surface area contributed by atoms with Crippen LogP contribution in [0.2, 0.25) is 0 Å². The van der Waals surface area contributed by atoms with Gasteiger partial charge in [0.05, 0.1) is 11.3 Å². The van der Waals surface area contributed by atoms with Crippen LogP contribution < -0.4 is 10.6 Å². The number of carbonyl (C=O) groups is 2. The van der Waals surface area contributed by atoms with Gasteiger partial charge < -0.3 is 15.5 Å².